The molecule has 3 nitrogen and oxygen atoms in total. The van der Waals surface area contributed by atoms with Crippen molar-refractivity contribution in [3.05, 3.63) is 0 Å². The molecule has 0 aromatic heterocycles. The van der Waals surface area contributed by atoms with E-state index in [-0.39, 0.29) is 6.29 Å². The summed E-state index contributed by atoms with van der Waals surface area (Å²) >= 11 is 0. The Kier molecular flexibility index (Phi) is 3.12. The van der Waals surface area contributed by atoms with Gasteiger partial charge in [0.25, 0.3) is 0 Å². The topological polar surface area (TPSA) is 21.7 Å². The molecule has 1 atom stereocenters. The molecule has 1 saturated heterocycles. The van der Waals surface area contributed by atoms with Crippen molar-refractivity contribution in [3.63, 3.8) is 0 Å². The molecule has 3 heteroatoms. The van der Waals surface area contributed by atoms with Crippen LogP contribution in [0.4, 0.5) is 0 Å². The second-order valence-electron chi connectivity index (χ2n) is 2.31. The Labute approximate surface area is 61.9 Å². The Morgan fingerprint density at radius 2 is 2.10 bits per heavy atom. The zero-order valence-corrected chi connectivity index (χ0v) is 6.67. The van der Waals surface area contributed by atoms with Gasteiger partial charge in [-0.3, -0.25) is 4.84 Å². The largest absolute Gasteiger partial charge is 0.351 e. The van der Waals surface area contributed by atoms with E-state index in [1.165, 1.54) is 0 Å². The lowest BCUT2D eigenvalue weighted by Gasteiger charge is -2.30. The van der Waals surface area contributed by atoms with Crippen molar-refractivity contribution in [2.75, 3.05) is 19.7 Å². The molecule has 0 bridgehead atoms. The molecular formula is C7H15NO2. The maximum absolute atomic E-state index is 5.40. The number of ether oxygens (including phenoxy) is 1. The van der Waals surface area contributed by atoms with Crippen LogP contribution in [0.15, 0.2) is 0 Å². The zero-order chi connectivity index (χ0) is 7.40. The van der Waals surface area contributed by atoms with Gasteiger partial charge in [0.2, 0.25) is 0 Å². The normalized spacial score (nSPS) is 24.9. The fourth-order valence-electron chi connectivity index (χ4n) is 0.836. The van der Waals surface area contributed by atoms with E-state index in [0.29, 0.717) is 0 Å². The Morgan fingerprint density at radius 1 is 1.50 bits per heavy atom. The van der Waals surface area contributed by atoms with Gasteiger partial charge in [-0.2, -0.15) is 5.06 Å². The minimum atomic E-state index is 0.0416. The van der Waals surface area contributed by atoms with Gasteiger partial charge in [-0.1, -0.05) is 13.8 Å². The molecule has 0 aliphatic carbocycles. The first-order valence-electron chi connectivity index (χ1n) is 3.90. The molecule has 1 heterocycles. The average Bonchev–Trinajstić information content (AvgIpc) is 1.87. The summed E-state index contributed by atoms with van der Waals surface area (Å²) in [5, 5.41) is 1.91. The summed E-state index contributed by atoms with van der Waals surface area (Å²) in [5.41, 5.74) is 0. The predicted octanol–water partition coefficient (Wildman–Crippen LogP) is 1.01. The van der Waals surface area contributed by atoms with Gasteiger partial charge in [-0.15, -0.1) is 0 Å². The van der Waals surface area contributed by atoms with E-state index >= 15 is 0 Å². The first-order chi connectivity index (χ1) is 4.86. The molecule has 1 unspecified atom stereocenters. The van der Waals surface area contributed by atoms with Gasteiger partial charge in [0.1, 0.15) is 0 Å². The summed E-state index contributed by atoms with van der Waals surface area (Å²) < 4.78 is 5.10. The van der Waals surface area contributed by atoms with Crippen LogP contribution in [0.1, 0.15) is 20.3 Å². The third kappa shape index (κ3) is 1.94. The van der Waals surface area contributed by atoms with E-state index in [9.17, 15) is 0 Å². The van der Waals surface area contributed by atoms with Crippen molar-refractivity contribution >= 4 is 0 Å². The third-order valence-electron chi connectivity index (χ3n) is 1.63. The summed E-state index contributed by atoms with van der Waals surface area (Å²) in [4.78, 5) is 5.40. The fraction of sp³-hybridized carbons (Fsp3) is 1.00. The summed E-state index contributed by atoms with van der Waals surface area (Å²) in [7, 11) is 0. The van der Waals surface area contributed by atoms with Crippen molar-refractivity contribution in [3.8, 4) is 0 Å². The molecule has 1 rings (SSSR count). The molecule has 1 fully saturated rings. The predicted molar refractivity (Wildman–Crippen MR) is 38.4 cm³/mol. The quantitative estimate of drug-likeness (QED) is 0.551. The van der Waals surface area contributed by atoms with E-state index in [2.05, 4.69) is 13.8 Å². The summed E-state index contributed by atoms with van der Waals surface area (Å²) in [6.45, 7) is 6.85. The maximum Gasteiger partial charge on any atom is 0.179 e. The van der Waals surface area contributed by atoms with Crippen molar-refractivity contribution in [1.29, 1.82) is 0 Å². The van der Waals surface area contributed by atoms with Gasteiger partial charge in [-0.05, 0) is 0 Å². The molecule has 60 valence electrons. The first kappa shape index (κ1) is 7.98. The minimum absolute atomic E-state index is 0.0416. The Balaban J connectivity index is 2.08. The first-order valence-corrected chi connectivity index (χ1v) is 3.90. The third-order valence-corrected chi connectivity index (χ3v) is 1.63. The highest BCUT2D eigenvalue weighted by Gasteiger charge is 2.20. The molecule has 1 aliphatic heterocycles. The standard InChI is InChI=1S/C7H15NO2/c1-3-8(4-2)10-7-5-6-9-7/h7H,3-6H2,1-2H3. The van der Waals surface area contributed by atoms with Gasteiger partial charge >= 0.3 is 0 Å². The highest BCUT2D eigenvalue weighted by atomic mass is 16.8. The van der Waals surface area contributed by atoms with Crippen LogP contribution in [0, 0.1) is 0 Å². The van der Waals surface area contributed by atoms with Crippen molar-refractivity contribution in [2.24, 2.45) is 0 Å². The smallest absolute Gasteiger partial charge is 0.179 e. The molecule has 0 aromatic carbocycles. The molecule has 0 radical (unpaired) electrons. The summed E-state index contributed by atoms with van der Waals surface area (Å²) in [5.74, 6) is 0. The van der Waals surface area contributed by atoms with Crippen LogP contribution < -0.4 is 0 Å². The summed E-state index contributed by atoms with van der Waals surface area (Å²) in [6.07, 6.45) is 1.08. The maximum atomic E-state index is 5.40. The lowest BCUT2D eigenvalue weighted by Crippen LogP contribution is -2.37. The number of hydrogen-bond acceptors (Lipinski definition) is 3. The highest BCUT2D eigenvalue weighted by molar-refractivity contribution is 4.53. The zero-order valence-electron chi connectivity index (χ0n) is 6.67. The molecule has 0 spiro atoms. The number of nitrogens with zero attached hydrogens (tertiary/aromatic N) is 1. The van der Waals surface area contributed by atoms with Crippen molar-refractivity contribution < 1.29 is 9.57 Å². The molecule has 10 heavy (non-hydrogen) atoms. The molecule has 0 amide bonds. The van der Waals surface area contributed by atoms with Crippen LogP contribution in [-0.4, -0.2) is 31.0 Å². The SMILES string of the molecule is CCN(CC)OC1CCO1. The van der Waals surface area contributed by atoms with Gasteiger partial charge in [0.15, 0.2) is 6.29 Å². The molecule has 0 N–H and O–H groups in total. The molecule has 1 aliphatic rings. The van der Waals surface area contributed by atoms with Gasteiger partial charge in [0, 0.05) is 19.5 Å². The van der Waals surface area contributed by atoms with Gasteiger partial charge in [-0.25, -0.2) is 0 Å². The van der Waals surface area contributed by atoms with Gasteiger partial charge in [0.05, 0.1) is 6.61 Å². The lowest BCUT2D eigenvalue weighted by molar-refractivity contribution is -0.320. The van der Waals surface area contributed by atoms with E-state index < -0.39 is 0 Å². The fourth-order valence-corrected chi connectivity index (χ4v) is 0.836. The van der Waals surface area contributed by atoms with Crippen LogP contribution in [0.3, 0.4) is 0 Å². The Morgan fingerprint density at radius 3 is 2.40 bits per heavy atom. The van der Waals surface area contributed by atoms with Crippen molar-refractivity contribution in [2.45, 2.75) is 26.6 Å². The van der Waals surface area contributed by atoms with Crippen LogP contribution in [0.2, 0.25) is 0 Å². The molecule has 0 saturated carbocycles. The summed E-state index contributed by atoms with van der Waals surface area (Å²) in [6, 6.07) is 0. The molecule has 0 aromatic rings. The second kappa shape index (κ2) is 3.91. The van der Waals surface area contributed by atoms with E-state index in [1.807, 2.05) is 5.06 Å². The molecular weight excluding hydrogens is 130 g/mol. The minimum Gasteiger partial charge on any atom is -0.351 e. The van der Waals surface area contributed by atoms with E-state index in [1.54, 1.807) is 0 Å². The van der Waals surface area contributed by atoms with Crippen molar-refractivity contribution in [1.82, 2.24) is 5.06 Å². The number of rotatable bonds is 4. The lowest BCUT2D eigenvalue weighted by atomic mass is 10.3. The highest BCUT2D eigenvalue weighted by Crippen LogP contribution is 2.13. The number of hydrogen-bond donors (Lipinski definition) is 0. The van der Waals surface area contributed by atoms with Crippen LogP contribution >= 0.6 is 0 Å². The Bertz CT molecular complexity index is 89.6. The monoisotopic (exact) mass is 145 g/mol. The van der Waals surface area contributed by atoms with Crippen LogP contribution in [-0.2, 0) is 9.57 Å². The van der Waals surface area contributed by atoms with E-state index in [0.717, 1.165) is 26.1 Å². The Hall–Kier alpha value is -0.120. The van der Waals surface area contributed by atoms with Crippen LogP contribution in [0.5, 0.6) is 0 Å². The van der Waals surface area contributed by atoms with Gasteiger partial charge < -0.3 is 4.74 Å². The van der Waals surface area contributed by atoms with Crippen LogP contribution in [0.25, 0.3) is 0 Å². The average molecular weight is 145 g/mol. The van der Waals surface area contributed by atoms with E-state index in [4.69, 9.17) is 9.57 Å². The number of hydroxylamine groups is 2. The second-order valence-corrected chi connectivity index (χ2v) is 2.31.